The molecule has 0 saturated heterocycles. The van der Waals surface area contributed by atoms with Crippen molar-refractivity contribution in [1.29, 1.82) is 0 Å². The van der Waals surface area contributed by atoms with Crippen molar-refractivity contribution in [1.82, 2.24) is 10.3 Å². The fraction of sp³-hybridized carbons (Fsp3) is 0.400. The van der Waals surface area contributed by atoms with Gasteiger partial charge >= 0.3 is 0 Å². The predicted octanol–water partition coefficient (Wildman–Crippen LogP) is 3.14. The summed E-state index contributed by atoms with van der Waals surface area (Å²) in [6, 6.07) is 7.73. The first-order chi connectivity index (χ1) is 9.22. The Kier molecular flexibility index (Phi) is 5.14. The number of aliphatic hydroxyl groups excluding tert-OH is 1. The van der Waals surface area contributed by atoms with Gasteiger partial charge in [0.25, 0.3) is 0 Å². The van der Waals surface area contributed by atoms with E-state index in [0.717, 1.165) is 34.3 Å². The maximum atomic E-state index is 9.69. The second-order valence-electron chi connectivity index (χ2n) is 4.68. The van der Waals surface area contributed by atoms with Crippen molar-refractivity contribution in [3.8, 4) is 0 Å². The molecule has 19 heavy (non-hydrogen) atoms. The number of hydrogen-bond acceptors (Lipinski definition) is 3. The van der Waals surface area contributed by atoms with Gasteiger partial charge < -0.3 is 10.4 Å². The van der Waals surface area contributed by atoms with Crippen LogP contribution in [0, 0.1) is 0 Å². The monoisotopic (exact) mass is 278 g/mol. The van der Waals surface area contributed by atoms with Gasteiger partial charge in [0.1, 0.15) is 0 Å². The van der Waals surface area contributed by atoms with Gasteiger partial charge in [-0.15, -0.1) is 0 Å². The molecule has 102 valence electrons. The summed E-state index contributed by atoms with van der Waals surface area (Å²) < 4.78 is 0. The molecule has 0 amide bonds. The van der Waals surface area contributed by atoms with E-state index in [1.807, 2.05) is 24.3 Å². The highest BCUT2D eigenvalue weighted by molar-refractivity contribution is 6.35. The van der Waals surface area contributed by atoms with Crippen LogP contribution in [-0.2, 0) is 6.54 Å². The van der Waals surface area contributed by atoms with E-state index in [1.165, 1.54) is 0 Å². The van der Waals surface area contributed by atoms with Gasteiger partial charge in [0, 0.05) is 29.7 Å². The van der Waals surface area contributed by atoms with E-state index < -0.39 is 0 Å². The Morgan fingerprint density at radius 1 is 1.37 bits per heavy atom. The third kappa shape index (κ3) is 3.66. The van der Waals surface area contributed by atoms with Crippen LogP contribution in [0.15, 0.2) is 30.5 Å². The molecule has 1 atom stereocenters. The number of aromatic nitrogens is 1. The van der Waals surface area contributed by atoms with Crippen LogP contribution < -0.4 is 5.32 Å². The summed E-state index contributed by atoms with van der Waals surface area (Å²) in [5.74, 6) is 0. The first-order valence-electron chi connectivity index (χ1n) is 6.63. The largest absolute Gasteiger partial charge is 0.392 e. The minimum atomic E-state index is -0.281. The van der Waals surface area contributed by atoms with Crippen LogP contribution in [0.1, 0.15) is 25.3 Å². The fourth-order valence-electron chi connectivity index (χ4n) is 2.15. The molecular formula is C15H19ClN2O. The second kappa shape index (κ2) is 6.85. The van der Waals surface area contributed by atoms with E-state index >= 15 is 0 Å². The topological polar surface area (TPSA) is 45.1 Å². The zero-order chi connectivity index (χ0) is 13.7. The Morgan fingerprint density at radius 3 is 3.00 bits per heavy atom. The molecule has 1 heterocycles. The molecule has 0 fully saturated rings. The Bertz CT molecular complexity index is 545. The van der Waals surface area contributed by atoms with Crippen molar-refractivity contribution in [3.05, 3.63) is 41.0 Å². The maximum Gasteiger partial charge on any atom is 0.0761 e. The van der Waals surface area contributed by atoms with Crippen molar-refractivity contribution in [3.63, 3.8) is 0 Å². The number of fused-ring (bicyclic) bond motifs is 1. The van der Waals surface area contributed by atoms with Gasteiger partial charge in [0.05, 0.1) is 11.6 Å². The summed E-state index contributed by atoms with van der Waals surface area (Å²) in [6.45, 7) is 3.36. The maximum absolute atomic E-state index is 9.69. The molecule has 0 radical (unpaired) electrons. The lowest BCUT2D eigenvalue weighted by molar-refractivity contribution is 0.160. The number of nitrogens with one attached hydrogen (secondary N) is 1. The Balaban J connectivity index is 2.07. The molecule has 3 nitrogen and oxygen atoms in total. The van der Waals surface area contributed by atoms with Crippen LogP contribution in [-0.4, -0.2) is 22.7 Å². The number of halogens is 1. The lowest BCUT2D eigenvalue weighted by Gasteiger charge is -2.12. The first kappa shape index (κ1) is 14.3. The van der Waals surface area contributed by atoms with Crippen LogP contribution >= 0.6 is 11.6 Å². The summed E-state index contributed by atoms with van der Waals surface area (Å²) in [6.07, 6.45) is 3.31. The molecule has 4 heteroatoms. The van der Waals surface area contributed by atoms with Gasteiger partial charge in [-0.1, -0.05) is 31.0 Å². The molecule has 2 rings (SSSR count). The third-order valence-corrected chi connectivity index (χ3v) is 3.45. The lowest BCUT2D eigenvalue weighted by atomic mass is 10.1. The summed E-state index contributed by atoms with van der Waals surface area (Å²) in [5.41, 5.74) is 2.02. The van der Waals surface area contributed by atoms with Crippen molar-refractivity contribution in [2.24, 2.45) is 0 Å². The molecule has 1 unspecified atom stereocenters. The molecule has 0 bridgehead atoms. The molecule has 0 aliphatic carbocycles. The molecule has 0 spiro atoms. The van der Waals surface area contributed by atoms with Gasteiger partial charge in [-0.2, -0.15) is 0 Å². The SMILES string of the molecule is CCCC(O)CNCc1ccc(Cl)c2cccnc12. The Hall–Kier alpha value is -1.16. The quantitative estimate of drug-likeness (QED) is 0.853. The zero-order valence-electron chi connectivity index (χ0n) is 11.1. The standard InChI is InChI=1S/C15H19ClN2O/c1-2-4-12(19)10-17-9-11-6-7-14(16)13-5-3-8-18-15(11)13/h3,5-8,12,17,19H,2,4,9-10H2,1H3. The zero-order valence-corrected chi connectivity index (χ0v) is 11.8. The minimum Gasteiger partial charge on any atom is -0.392 e. The van der Waals surface area contributed by atoms with Crippen molar-refractivity contribution in [2.75, 3.05) is 6.54 Å². The lowest BCUT2D eigenvalue weighted by Crippen LogP contribution is -2.26. The minimum absolute atomic E-state index is 0.281. The van der Waals surface area contributed by atoms with Gasteiger partial charge in [0.15, 0.2) is 0 Å². The van der Waals surface area contributed by atoms with Crippen LogP contribution in [0.2, 0.25) is 5.02 Å². The summed E-state index contributed by atoms with van der Waals surface area (Å²) in [5, 5.41) is 14.6. The molecule has 1 aromatic carbocycles. The number of pyridine rings is 1. The average molecular weight is 279 g/mol. The highest BCUT2D eigenvalue weighted by Gasteiger charge is 2.06. The van der Waals surface area contributed by atoms with Crippen molar-refractivity contribution in [2.45, 2.75) is 32.4 Å². The van der Waals surface area contributed by atoms with Gasteiger partial charge in [-0.25, -0.2) is 0 Å². The van der Waals surface area contributed by atoms with Crippen LogP contribution in [0.4, 0.5) is 0 Å². The van der Waals surface area contributed by atoms with E-state index in [9.17, 15) is 5.11 Å². The number of benzene rings is 1. The van der Waals surface area contributed by atoms with E-state index in [2.05, 4.69) is 17.2 Å². The molecule has 2 aromatic rings. The predicted molar refractivity (Wildman–Crippen MR) is 79.4 cm³/mol. The van der Waals surface area contributed by atoms with Gasteiger partial charge in [-0.05, 0) is 30.2 Å². The van der Waals surface area contributed by atoms with Crippen LogP contribution in [0.3, 0.4) is 0 Å². The molecular weight excluding hydrogens is 260 g/mol. The molecule has 2 N–H and O–H groups in total. The molecule has 0 saturated carbocycles. The van der Waals surface area contributed by atoms with Crippen molar-refractivity contribution < 1.29 is 5.11 Å². The van der Waals surface area contributed by atoms with E-state index in [-0.39, 0.29) is 6.10 Å². The summed E-state index contributed by atoms with van der Waals surface area (Å²) >= 11 is 6.15. The van der Waals surface area contributed by atoms with Crippen LogP contribution in [0.25, 0.3) is 10.9 Å². The number of hydrogen-bond donors (Lipinski definition) is 2. The number of rotatable bonds is 6. The van der Waals surface area contributed by atoms with Crippen molar-refractivity contribution >= 4 is 22.5 Å². The summed E-state index contributed by atoms with van der Waals surface area (Å²) in [7, 11) is 0. The van der Waals surface area contributed by atoms with E-state index in [4.69, 9.17) is 11.6 Å². The molecule has 0 aliphatic rings. The third-order valence-electron chi connectivity index (χ3n) is 3.12. The average Bonchev–Trinajstić information content (AvgIpc) is 2.42. The smallest absolute Gasteiger partial charge is 0.0761 e. The fourth-order valence-corrected chi connectivity index (χ4v) is 2.36. The first-order valence-corrected chi connectivity index (χ1v) is 7.01. The highest BCUT2D eigenvalue weighted by Crippen LogP contribution is 2.24. The van der Waals surface area contributed by atoms with Gasteiger partial charge in [0.2, 0.25) is 0 Å². The Morgan fingerprint density at radius 2 is 2.21 bits per heavy atom. The Labute approximate surface area is 118 Å². The number of aliphatic hydroxyl groups is 1. The van der Waals surface area contributed by atoms with E-state index in [1.54, 1.807) is 6.20 Å². The summed E-state index contributed by atoms with van der Waals surface area (Å²) in [4.78, 5) is 4.39. The number of nitrogens with zero attached hydrogens (tertiary/aromatic N) is 1. The second-order valence-corrected chi connectivity index (χ2v) is 5.09. The molecule has 1 aromatic heterocycles. The van der Waals surface area contributed by atoms with Crippen LogP contribution in [0.5, 0.6) is 0 Å². The highest BCUT2D eigenvalue weighted by atomic mass is 35.5. The normalized spacial score (nSPS) is 12.8. The van der Waals surface area contributed by atoms with E-state index in [0.29, 0.717) is 13.1 Å². The van der Waals surface area contributed by atoms with Gasteiger partial charge in [-0.3, -0.25) is 4.98 Å². The molecule has 0 aliphatic heterocycles.